The predicted molar refractivity (Wildman–Crippen MR) is 123 cm³/mol. The minimum absolute atomic E-state index is 0.118. The molecule has 0 spiro atoms. The van der Waals surface area contributed by atoms with Crippen molar-refractivity contribution in [2.75, 3.05) is 26.3 Å². The molecule has 0 bridgehead atoms. The van der Waals surface area contributed by atoms with Gasteiger partial charge in [0.05, 0.1) is 13.2 Å². The summed E-state index contributed by atoms with van der Waals surface area (Å²) in [7, 11) is 0. The number of aliphatic hydroxyl groups is 8. The molecule has 194 valence electrons. The van der Waals surface area contributed by atoms with Crippen molar-refractivity contribution in [1.29, 1.82) is 0 Å². The van der Waals surface area contributed by atoms with Crippen molar-refractivity contribution < 1.29 is 50.3 Å². The second-order valence-electron chi connectivity index (χ2n) is 8.80. The molecule has 2 rings (SSSR count). The lowest BCUT2D eigenvalue weighted by atomic mass is 9.89. The first-order chi connectivity index (χ1) is 15.6. The molecule has 1 aliphatic carbocycles. The van der Waals surface area contributed by atoms with Crippen LogP contribution in [0, 0.1) is 5.92 Å². The first-order valence-corrected chi connectivity index (χ1v) is 12.0. The molecule has 1 heterocycles. The lowest BCUT2D eigenvalue weighted by Gasteiger charge is -2.42. The summed E-state index contributed by atoms with van der Waals surface area (Å²) in [5, 5.41) is 80.4. The number of thiocarbonyl (C=S) groups is 1. The van der Waals surface area contributed by atoms with Crippen LogP contribution in [0.3, 0.4) is 0 Å². The summed E-state index contributed by atoms with van der Waals surface area (Å²) in [6.45, 7) is -1.11. The van der Waals surface area contributed by atoms with E-state index in [4.69, 9.17) is 21.7 Å². The highest BCUT2D eigenvalue weighted by atomic mass is 32.1. The van der Waals surface area contributed by atoms with Gasteiger partial charge >= 0.3 is 0 Å². The van der Waals surface area contributed by atoms with Crippen LogP contribution in [-0.2, 0) is 9.47 Å². The van der Waals surface area contributed by atoms with Gasteiger partial charge in [-0.25, -0.2) is 0 Å². The van der Waals surface area contributed by atoms with Crippen LogP contribution >= 0.6 is 24.8 Å². The first-order valence-electron chi connectivity index (χ1n) is 11.2. The molecular weight excluding hydrogens is 478 g/mol. The van der Waals surface area contributed by atoms with Crippen molar-refractivity contribution >= 4 is 29.2 Å². The van der Waals surface area contributed by atoms with E-state index >= 15 is 0 Å². The van der Waals surface area contributed by atoms with E-state index in [1.54, 1.807) is 4.90 Å². The molecule has 13 heteroatoms. The van der Waals surface area contributed by atoms with Gasteiger partial charge in [-0.1, -0.05) is 31.5 Å². The highest BCUT2D eigenvalue weighted by Gasteiger charge is 2.47. The molecule has 2 aliphatic rings. The molecule has 2 fully saturated rings. The zero-order valence-corrected chi connectivity index (χ0v) is 20.0. The minimum Gasteiger partial charge on any atom is -0.394 e. The fraction of sp³-hybridized carbons (Fsp3) is 0.950. The molecule has 1 saturated carbocycles. The minimum atomic E-state index is -1.78. The van der Waals surface area contributed by atoms with Gasteiger partial charge in [-0.05, 0) is 18.8 Å². The number of rotatable bonds is 11. The Balaban J connectivity index is 2.08. The van der Waals surface area contributed by atoms with Crippen LogP contribution < -0.4 is 0 Å². The number of nitrogens with zero attached hydrogens (tertiary/aromatic N) is 1. The quantitative estimate of drug-likeness (QED) is 0.103. The number of hydrogen-bond acceptors (Lipinski definition) is 11. The summed E-state index contributed by atoms with van der Waals surface area (Å²) >= 11 is 9.39. The molecule has 33 heavy (non-hydrogen) atoms. The Labute approximate surface area is 204 Å². The molecule has 0 aromatic heterocycles. The lowest BCUT2D eigenvalue weighted by Crippen LogP contribution is -2.61. The topological polar surface area (TPSA) is 184 Å². The molecule has 0 aromatic rings. The van der Waals surface area contributed by atoms with E-state index in [0.717, 1.165) is 25.7 Å². The molecular formula is C20H37NO10S2. The summed E-state index contributed by atoms with van der Waals surface area (Å²) in [6.07, 6.45) is -9.19. The largest absolute Gasteiger partial charge is 0.394 e. The fourth-order valence-corrected chi connectivity index (χ4v) is 4.61. The second-order valence-corrected chi connectivity index (χ2v) is 9.91. The van der Waals surface area contributed by atoms with Gasteiger partial charge in [-0.2, -0.15) is 0 Å². The predicted octanol–water partition coefficient (Wildman–Crippen LogP) is -2.66. The van der Waals surface area contributed by atoms with Gasteiger partial charge in [0, 0.05) is 13.1 Å². The van der Waals surface area contributed by atoms with E-state index < -0.39 is 68.3 Å². The van der Waals surface area contributed by atoms with Crippen molar-refractivity contribution in [3.8, 4) is 0 Å². The normalized spacial score (nSPS) is 32.7. The van der Waals surface area contributed by atoms with E-state index in [0.29, 0.717) is 12.5 Å². The van der Waals surface area contributed by atoms with E-state index in [2.05, 4.69) is 12.6 Å². The number of aliphatic hydroxyl groups excluding tert-OH is 8. The third-order valence-corrected chi connectivity index (χ3v) is 6.86. The summed E-state index contributed by atoms with van der Waals surface area (Å²) in [5.74, 6) is 0.373. The Morgan fingerprint density at radius 1 is 1.00 bits per heavy atom. The van der Waals surface area contributed by atoms with Crippen LogP contribution in [0.2, 0.25) is 0 Å². The highest BCUT2D eigenvalue weighted by Crippen LogP contribution is 2.27. The van der Waals surface area contributed by atoms with Gasteiger partial charge in [-0.15, -0.1) is 12.6 Å². The Hall–Kier alpha value is -0.160. The van der Waals surface area contributed by atoms with Crippen LogP contribution in [-0.4, -0.2) is 131 Å². The average molecular weight is 516 g/mol. The Kier molecular flexibility index (Phi) is 12.2. The molecule has 9 atom stereocenters. The maximum Gasteiger partial charge on any atom is 0.187 e. The van der Waals surface area contributed by atoms with Crippen molar-refractivity contribution in [1.82, 2.24) is 4.90 Å². The highest BCUT2D eigenvalue weighted by molar-refractivity contribution is 8.10. The maximum atomic E-state index is 10.7. The molecule has 1 aliphatic heterocycles. The van der Waals surface area contributed by atoms with Gasteiger partial charge in [0.1, 0.15) is 53.2 Å². The van der Waals surface area contributed by atoms with Crippen LogP contribution in [0.25, 0.3) is 0 Å². The maximum absolute atomic E-state index is 10.7. The Bertz CT molecular complexity index is 597. The van der Waals surface area contributed by atoms with Crippen molar-refractivity contribution in [2.24, 2.45) is 5.92 Å². The number of hydrogen-bond donors (Lipinski definition) is 9. The van der Waals surface area contributed by atoms with Gasteiger partial charge in [0.25, 0.3) is 0 Å². The smallest absolute Gasteiger partial charge is 0.187 e. The Morgan fingerprint density at radius 2 is 1.64 bits per heavy atom. The van der Waals surface area contributed by atoms with E-state index in [1.165, 1.54) is 6.42 Å². The number of thiol groups is 1. The fourth-order valence-electron chi connectivity index (χ4n) is 4.30. The zero-order chi connectivity index (χ0) is 24.7. The first kappa shape index (κ1) is 29.1. The molecule has 8 N–H and O–H groups in total. The van der Waals surface area contributed by atoms with Crippen molar-refractivity contribution in [3.05, 3.63) is 0 Å². The SMILES string of the molecule is OC[C@@H](O)[C@@H](O[C@@H]1O[C@H](CO)[C@H](O)[C@H](O)[C@H]1O)[C@H](O)[C@@H](O)CN(CC1CCCCC1)C(=S)S. The molecule has 11 nitrogen and oxygen atoms in total. The van der Waals surface area contributed by atoms with Gasteiger partial charge < -0.3 is 55.2 Å². The molecule has 1 saturated heterocycles. The van der Waals surface area contributed by atoms with E-state index in [1.807, 2.05) is 0 Å². The standard InChI is InChI=1S/C20H37NO10S2/c22-8-12(25)18(31-19-17(29)16(28)15(27)13(9-23)30-19)14(26)11(24)7-21(20(32)33)6-10-4-2-1-3-5-10/h10-19,22-29H,1-9H2,(H,32,33)/t11-,12+,13+,14+,15-,16-,17+,18+,19-/m0/s1. The van der Waals surface area contributed by atoms with Gasteiger partial charge in [0.15, 0.2) is 6.29 Å². The van der Waals surface area contributed by atoms with E-state index in [9.17, 15) is 40.9 Å². The summed E-state index contributed by atoms with van der Waals surface area (Å²) in [5.41, 5.74) is 0. The zero-order valence-electron chi connectivity index (χ0n) is 18.3. The molecule has 0 radical (unpaired) electrons. The molecule has 0 amide bonds. The second kappa shape index (κ2) is 13.8. The summed E-state index contributed by atoms with van der Waals surface area (Å²) < 4.78 is 10.9. The molecule has 0 aromatic carbocycles. The monoisotopic (exact) mass is 515 g/mol. The third-order valence-electron chi connectivity index (χ3n) is 6.32. The lowest BCUT2D eigenvalue weighted by molar-refractivity contribution is -0.327. The summed E-state index contributed by atoms with van der Waals surface area (Å²) in [4.78, 5) is 1.65. The van der Waals surface area contributed by atoms with Crippen LogP contribution in [0.1, 0.15) is 32.1 Å². The Morgan fingerprint density at radius 3 is 2.18 bits per heavy atom. The van der Waals surface area contributed by atoms with Crippen LogP contribution in [0.5, 0.6) is 0 Å². The summed E-state index contributed by atoms with van der Waals surface area (Å²) in [6, 6.07) is 0. The van der Waals surface area contributed by atoms with Crippen molar-refractivity contribution in [2.45, 2.75) is 87.2 Å². The third kappa shape index (κ3) is 7.92. The average Bonchev–Trinajstić information content (AvgIpc) is 2.81. The van der Waals surface area contributed by atoms with Crippen LogP contribution in [0.15, 0.2) is 0 Å². The van der Waals surface area contributed by atoms with Crippen LogP contribution in [0.4, 0.5) is 0 Å². The van der Waals surface area contributed by atoms with Gasteiger partial charge in [-0.3, -0.25) is 0 Å². The molecule has 0 unspecified atom stereocenters. The van der Waals surface area contributed by atoms with E-state index in [-0.39, 0.29) is 10.9 Å². The van der Waals surface area contributed by atoms with Crippen molar-refractivity contribution in [3.63, 3.8) is 0 Å². The number of ether oxygens (including phenoxy) is 2. The van der Waals surface area contributed by atoms with Gasteiger partial charge in [0.2, 0.25) is 0 Å².